The summed E-state index contributed by atoms with van der Waals surface area (Å²) in [6.07, 6.45) is 2.23. The number of hydrogen-bond acceptors (Lipinski definition) is 4. The summed E-state index contributed by atoms with van der Waals surface area (Å²) in [7, 11) is -3.29. The van der Waals surface area contributed by atoms with Crippen molar-refractivity contribution in [2.45, 2.75) is 11.3 Å². The van der Waals surface area contributed by atoms with E-state index in [1.165, 1.54) is 6.08 Å². The molecule has 0 aromatic heterocycles. The van der Waals surface area contributed by atoms with Crippen LogP contribution in [0.25, 0.3) is 0 Å². The fraction of sp³-hybridized carbons (Fsp3) is 0.167. The largest absolute Gasteiger partial charge is 0.265 e. The Morgan fingerprint density at radius 1 is 1.12 bits per heavy atom. The molecule has 0 N–H and O–H groups in total. The van der Waals surface area contributed by atoms with E-state index in [2.05, 4.69) is 11.7 Å². The standard InChI is InChI=1S/C18H17ClN2O2S/c1-2-13-24(22,23)17-9-7-16(8-10-17)21-12-11-18(20-21)14-3-5-15(19)6-4-14/h2-10H,1,11-13H2. The smallest absolute Gasteiger partial charge is 0.181 e. The molecule has 1 aliphatic rings. The van der Waals surface area contributed by atoms with E-state index in [-0.39, 0.29) is 5.75 Å². The average molecular weight is 361 g/mol. The number of hydrogen-bond donors (Lipinski definition) is 0. The van der Waals surface area contributed by atoms with Gasteiger partial charge in [-0.15, -0.1) is 6.58 Å². The second-order valence-corrected chi connectivity index (χ2v) is 7.96. The first kappa shape index (κ1) is 16.7. The summed E-state index contributed by atoms with van der Waals surface area (Å²) in [6.45, 7) is 4.24. The minimum Gasteiger partial charge on any atom is -0.265 e. The first-order valence-corrected chi connectivity index (χ1v) is 9.57. The third-order valence-corrected chi connectivity index (χ3v) is 5.73. The van der Waals surface area contributed by atoms with Gasteiger partial charge in [0.1, 0.15) is 0 Å². The molecule has 24 heavy (non-hydrogen) atoms. The van der Waals surface area contributed by atoms with Gasteiger partial charge in [-0.05, 0) is 42.0 Å². The molecule has 2 aromatic rings. The van der Waals surface area contributed by atoms with Crippen molar-refractivity contribution in [2.75, 3.05) is 17.3 Å². The van der Waals surface area contributed by atoms with Crippen LogP contribution < -0.4 is 5.01 Å². The van der Waals surface area contributed by atoms with Crippen LogP contribution in [0.1, 0.15) is 12.0 Å². The minimum atomic E-state index is -3.29. The fourth-order valence-electron chi connectivity index (χ4n) is 2.57. The van der Waals surface area contributed by atoms with E-state index in [9.17, 15) is 8.42 Å². The van der Waals surface area contributed by atoms with Gasteiger partial charge in [-0.1, -0.05) is 29.8 Å². The summed E-state index contributed by atoms with van der Waals surface area (Å²) < 4.78 is 24.0. The Hall–Kier alpha value is -2.11. The van der Waals surface area contributed by atoms with Gasteiger partial charge in [0.15, 0.2) is 9.84 Å². The zero-order valence-corrected chi connectivity index (χ0v) is 14.6. The van der Waals surface area contributed by atoms with Crippen molar-refractivity contribution in [3.8, 4) is 0 Å². The van der Waals surface area contributed by atoms with Gasteiger partial charge in [0, 0.05) is 18.0 Å². The topological polar surface area (TPSA) is 49.7 Å². The third kappa shape index (κ3) is 3.52. The number of anilines is 1. The second-order valence-electron chi connectivity index (χ2n) is 5.49. The molecular formula is C18H17ClN2O2S. The van der Waals surface area contributed by atoms with E-state index >= 15 is 0 Å². The van der Waals surface area contributed by atoms with Gasteiger partial charge in [0.25, 0.3) is 0 Å². The number of rotatable bonds is 5. The van der Waals surface area contributed by atoms with Crippen LogP contribution in [-0.4, -0.2) is 26.4 Å². The highest BCUT2D eigenvalue weighted by atomic mass is 35.5. The highest BCUT2D eigenvalue weighted by molar-refractivity contribution is 7.91. The first-order chi connectivity index (χ1) is 11.5. The zero-order chi connectivity index (χ0) is 17.2. The molecule has 0 unspecified atom stereocenters. The van der Waals surface area contributed by atoms with E-state index in [1.54, 1.807) is 24.3 Å². The molecule has 0 saturated heterocycles. The monoisotopic (exact) mass is 360 g/mol. The Bertz CT molecular complexity index is 872. The molecule has 0 saturated carbocycles. The van der Waals surface area contributed by atoms with Gasteiger partial charge >= 0.3 is 0 Å². The molecule has 0 aliphatic carbocycles. The van der Waals surface area contributed by atoms with Gasteiger partial charge in [0.2, 0.25) is 0 Å². The molecule has 1 aliphatic heterocycles. The lowest BCUT2D eigenvalue weighted by atomic mass is 10.1. The second kappa shape index (κ2) is 6.79. The van der Waals surface area contributed by atoms with Gasteiger partial charge in [-0.2, -0.15) is 5.10 Å². The van der Waals surface area contributed by atoms with E-state index < -0.39 is 9.84 Å². The van der Waals surface area contributed by atoms with Crippen LogP contribution in [0.4, 0.5) is 5.69 Å². The molecule has 3 rings (SSSR count). The van der Waals surface area contributed by atoms with Crippen LogP contribution in [0.5, 0.6) is 0 Å². The van der Waals surface area contributed by atoms with E-state index in [0.717, 1.165) is 29.9 Å². The van der Waals surface area contributed by atoms with Crippen LogP contribution in [0.15, 0.2) is 71.2 Å². The Morgan fingerprint density at radius 2 is 1.79 bits per heavy atom. The Labute approximate surface area is 147 Å². The van der Waals surface area contributed by atoms with Crippen molar-refractivity contribution in [1.29, 1.82) is 0 Å². The van der Waals surface area contributed by atoms with Crippen LogP contribution in [-0.2, 0) is 9.84 Å². The molecule has 0 bridgehead atoms. The number of halogens is 1. The molecule has 0 amide bonds. The molecule has 2 aromatic carbocycles. The van der Waals surface area contributed by atoms with E-state index in [1.807, 2.05) is 29.3 Å². The van der Waals surface area contributed by atoms with Crippen LogP contribution in [0.3, 0.4) is 0 Å². The zero-order valence-electron chi connectivity index (χ0n) is 13.0. The van der Waals surface area contributed by atoms with Crippen molar-refractivity contribution in [2.24, 2.45) is 5.10 Å². The summed E-state index contributed by atoms with van der Waals surface area (Å²) in [4.78, 5) is 0.298. The van der Waals surface area contributed by atoms with Crippen molar-refractivity contribution < 1.29 is 8.42 Å². The maximum atomic E-state index is 12.0. The molecule has 0 fully saturated rings. The Morgan fingerprint density at radius 3 is 2.42 bits per heavy atom. The van der Waals surface area contributed by atoms with E-state index in [4.69, 9.17) is 11.6 Å². The van der Waals surface area contributed by atoms with Crippen LogP contribution in [0, 0.1) is 0 Å². The normalized spacial score (nSPS) is 14.5. The predicted molar refractivity (Wildman–Crippen MR) is 98.6 cm³/mol. The van der Waals surface area contributed by atoms with Crippen molar-refractivity contribution >= 4 is 32.8 Å². The van der Waals surface area contributed by atoms with Crippen molar-refractivity contribution in [1.82, 2.24) is 0 Å². The predicted octanol–water partition coefficient (Wildman–Crippen LogP) is 3.91. The Kier molecular flexibility index (Phi) is 4.73. The Balaban J connectivity index is 1.80. The fourth-order valence-corrected chi connectivity index (χ4v) is 3.75. The lowest BCUT2D eigenvalue weighted by molar-refractivity contribution is 0.599. The maximum absolute atomic E-state index is 12.0. The quantitative estimate of drug-likeness (QED) is 0.759. The summed E-state index contributed by atoms with van der Waals surface area (Å²) in [5, 5.41) is 7.21. The van der Waals surface area contributed by atoms with Gasteiger partial charge in [0.05, 0.1) is 22.0 Å². The van der Waals surface area contributed by atoms with Crippen molar-refractivity contribution in [3.05, 3.63) is 71.8 Å². The van der Waals surface area contributed by atoms with E-state index in [0.29, 0.717) is 9.92 Å². The van der Waals surface area contributed by atoms with Gasteiger partial charge < -0.3 is 0 Å². The highest BCUT2D eigenvalue weighted by Crippen LogP contribution is 2.24. The summed E-state index contributed by atoms with van der Waals surface area (Å²) >= 11 is 5.91. The first-order valence-electron chi connectivity index (χ1n) is 7.54. The molecule has 4 nitrogen and oxygen atoms in total. The molecular weight excluding hydrogens is 344 g/mol. The molecule has 6 heteroatoms. The molecule has 1 heterocycles. The molecule has 0 atom stereocenters. The summed E-state index contributed by atoms with van der Waals surface area (Å²) in [5.74, 6) is -0.0606. The maximum Gasteiger partial charge on any atom is 0.181 e. The van der Waals surface area contributed by atoms with Crippen LogP contribution in [0.2, 0.25) is 5.02 Å². The molecule has 0 spiro atoms. The number of hydrazone groups is 1. The number of benzene rings is 2. The lowest BCUT2D eigenvalue weighted by Gasteiger charge is -2.13. The average Bonchev–Trinajstić information content (AvgIpc) is 3.05. The van der Waals surface area contributed by atoms with Gasteiger partial charge in [-0.25, -0.2) is 8.42 Å². The minimum absolute atomic E-state index is 0.0606. The summed E-state index contributed by atoms with van der Waals surface area (Å²) in [6, 6.07) is 14.4. The summed E-state index contributed by atoms with van der Waals surface area (Å²) in [5.41, 5.74) is 2.92. The number of sulfone groups is 1. The van der Waals surface area contributed by atoms with Crippen molar-refractivity contribution in [3.63, 3.8) is 0 Å². The third-order valence-electron chi connectivity index (χ3n) is 3.81. The SMILES string of the molecule is C=CCS(=O)(=O)c1ccc(N2CCC(c3ccc(Cl)cc3)=N2)cc1. The number of nitrogens with zero attached hydrogens (tertiary/aromatic N) is 2. The molecule has 0 radical (unpaired) electrons. The van der Waals surface area contributed by atoms with Crippen LogP contribution >= 0.6 is 11.6 Å². The lowest BCUT2D eigenvalue weighted by Crippen LogP contribution is -2.12. The highest BCUT2D eigenvalue weighted by Gasteiger charge is 2.18. The van der Waals surface area contributed by atoms with Gasteiger partial charge in [-0.3, -0.25) is 5.01 Å². The molecule has 124 valence electrons.